The van der Waals surface area contributed by atoms with Gasteiger partial charge >= 0.3 is 0 Å². The van der Waals surface area contributed by atoms with Gasteiger partial charge in [0, 0.05) is 24.4 Å². The summed E-state index contributed by atoms with van der Waals surface area (Å²) in [6, 6.07) is 0.560. The van der Waals surface area contributed by atoms with E-state index in [1.54, 1.807) is 0 Å². The normalized spacial score (nSPS) is 34.3. The predicted octanol–water partition coefficient (Wildman–Crippen LogP) is 1.98. The summed E-state index contributed by atoms with van der Waals surface area (Å²) < 4.78 is 0. The van der Waals surface area contributed by atoms with Crippen molar-refractivity contribution in [2.24, 2.45) is 0 Å². The molecule has 1 saturated carbocycles. The van der Waals surface area contributed by atoms with E-state index in [2.05, 4.69) is 18.7 Å². The average Bonchev–Trinajstić information content (AvgIpc) is 2.56. The molecule has 0 aromatic carbocycles. The molecule has 1 unspecified atom stereocenters. The van der Waals surface area contributed by atoms with Crippen molar-refractivity contribution in [3.05, 3.63) is 0 Å². The van der Waals surface area contributed by atoms with Crippen molar-refractivity contribution in [2.45, 2.75) is 57.5 Å². The molecule has 0 aromatic rings. The lowest BCUT2D eigenvalue weighted by Gasteiger charge is -2.36. The highest BCUT2D eigenvalue weighted by atomic mass is 16.1. The molecule has 2 fully saturated rings. The van der Waals surface area contributed by atoms with Crippen LogP contribution in [0.2, 0.25) is 0 Å². The molecule has 2 rings (SSSR count). The molecule has 2 heteroatoms. The van der Waals surface area contributed by atoms with Crippen LogP contribution in [0.5, 0.6) is 0 Å². The second-order valence-electron chi connectivity index (χ2n) is 5.04. The zero-order chi connectivity index (χ0) is 9.47. The Morgan fingerprint density at radius 2 is 2.23 bits per heavy atom. The number of carbonyl (C=O) groups excluding carboxylic acids is 1. The number of ketones is 1. The third kappa shape index (κ3) is 1.64. The Labute approximate surface area is 80.3 Å². The van der Waals surface area contributed by atoms with Crippen molar-refractivity contribution in [1.82, 2.24) is 4.90 Å². The Balaban J connectivity index is 2.04. The summed E-state index contributed by atoms with van der Waals surface area (Å²) in [6.45, 7) is 5.82. The van der Waals surface area contributed by atoms with E-state index in [1.165, 1.54) is 19.4 Å². The van der Waals surface area contributed by atoms with E-state index in [-0.39, 0.29) is 0 Å². The molecule has 0 radical (unpaired) electrons. The highest BCUT2D eigenvalue weighted by Gasteiger charge is 2.39. The lowest BCUT2D eigenvalue weighted by atomic mass is 10.00. The smallest absolute Gasteiger partial charge is 0.134 e. The number of hydrogen-bond donors (Lipinski definition) is 0. The Morgan fingerprint density at radius 1 is 1.46 bits per heavy atom. The number of Topliss-reactive ketones (excluding diaryl/α,β-unsaturated/α-hetero) is 1. The second-order valence-corrected chi connectivity index (χ2v) is 5.04. The minimum Gasteiger partial charge on any atom is -0.300 e. The molecule has 1 aliphatic heterocycles. The van der Waals surface area contributed by atoms with Crippen LogP contribution in [0.15, 0.2) is 0 Å². The van der Waals surface area contributed by atoms with Crippen molar-refractivity contribution in [3.63, 3.8) is 0 Å². The summed E-state index contributed by atoms with van der Waals surface area (Å²) in [4.78, 5) is 13.7. The summed E-state index contributed by atoms with van der Waals surface area (Å²) in [5.41, 5.74) is 0.343. The van der Waals surface area contributed by atoms with E-state index < -0.39 is 0 Å². The van der Waals surface area contributed by atoms with E-state index in [4.69, 9.17) is 0 Å². The fourth-order valence-corrected chi connectivity index (χ4v) is 2.87. The van der Waals surface area contributed by atoms with Gasteiger partial charge in [-0.15, -0.1) is 0 Å². The Kier molecular flexibility index (Phi) is 2.18. The SMILES string of the molecule is CC1(C)CCCN1C1CCC(=O)C1. The molecule has 0 spiro atoms. The lowest BCUT2D eigenvalue weighted by molar-refractivity contribution is -0.117. The summed E-state index contributed by atoms with van der Waals surface area (Å²) in [6.07, 6.45) is 5.32. The van der Waals surface area contributed by atoms with Crippen LogP contribution >= 0.6 is 0 Å². The van der Waals surface area contributed by atoms with E-state index in [0.29, 0.717) is 17.4 Å². The van der Waals surface area contributed by atoms with Gasteiger partial charge in [-0.2, -0.15) is 0 Å². The zero-order valence-corrected chi connectivity index (χ0v) is 8.68. The minimum absolute atomic E-state index is 0.343. The van der Waals surface area contributed by atoms with Gasteiger partial charge in [-0.3, -0.25) is 9.69 Å². The maximum Gasteiger partial charge on any atom is 0.134 e. The highest BCUT2D eigenvalue weighted by Crippen LogP contribution is 2.34. The van der Waals surface area contributed by atoms with E-state index in [0.717, 1.165) is 19.3 Å². The first kappa shape index (κ1) is 9.20. The molecule has 1 heterocycles. The highest BCUT2D eigenvalue weighted by molar-refractivity contribution is 5.81. The molecule has 0 N–H and O–H groups in total. The third-order valence-electron chi connectivity index (χ3n) is 3.63. The fraction of sp³-hybridized carbons (Fsp3) is 0.909. The number of hydrogen-bond acceptors (Lipinski definition) is 2. The van der Waals surface area contributed by atoms with Crippen molar-refractivity contribution in [1.29, 1.82) is 0 Å². The topological polar surface area (TPSA) is 20.3 Å². The van der Waals surface area contributed by atoms with Gasteiger partial charge in [0.1, 0.15) is 5.78 Å². The molecule has 13 heavy (non-hydrogen) atoms. The van der Waals surface area contributed by atoms with Gasteiger partial charge in [0.25, 0.3) is 0 Å². The summed E-state index contributed by atoms with van der Waals surface area (Å²) in [5.74, 6) is 0.465. The van der Waals surface area contributed by atoms with Crippen LogP contribution in [-0.4, -0.2) is 28.8 Å². The molecule has 2 aliphatic rings. The number of likely N-dealkylation sites (tertiary alicyclic amines) is 1. The first-order chi connectivity index (χ1) is 6.09. The first-order valence-corrected chi connectivity index (χ1v) is 5.38. The second kappa shape index (κ2) is 3.09. The van der Waals surface area contributed by atoms with Gasteiger partial charge in [0.05, 0.1) is 0 Å². The van der Waals surface area contributed by atoms with Gasteiger partial charge in [0.15, 0.2) is 0 Å². The molecule has 0 bridgehead atoms. The number of nitrogens with zero attached hydrogens (tertiary/aromatic N) is 1. The molecule has 1 saturated heterocycles. The van der Waals surface area contributed by atoms with Crippen LogP contribution in [0, 0.1) is 0 Å². The molecule has 0 aromatic heterocycles. The van der Waals surface area contributed by atoms with Crippen LogP contribution in [0.4, 0.5) is 0 Å². The maximum absolute atomic E-state index is 11.2. The van der Waals surface area contributed by atoms with Crippen molar-refractivity contribution < 1.29 is 4.79 Å². The van der Waals surface area contributed by atoms with E-state index in [1.807, 2.05) is 0 Å². The monoisotopic (exact) mass is 181 g/mol. The maximum atomic E-state index is 11.2. The van der Waals surface area contributed by atoms with E-state index >= 15 is 0 Å². The largest absolute Gasteiger partial charge is 0.300 e. The summed E-state index contributed by atoms with van der Waals surface area (Å²) >= 11 is 0. The van der Waals surface area contributed by atoms with Gasteiger partial charge in [-0.1, -0.05) is 0 Å². The fourth-order valence-electron chi connectivity index (χ4n) is 2.87. The van der Waals surface area contributed by atoms with Crippen LogP contribution in [0.3, 0.4) is 0 Å². The lowest BCUT2D eigenvalue weighted by Crippen LogP contribution is -2.44. The van der Waals surface area contributed by atoms with Gasteiger partial charge in [-0.25, -0.2) is 0 Å². The van der Waals surface area contributed by atoms with Crippen molar-refractivity contribution in [3.8, 4) is 0 Å². The van der Waals surface area contributed by atoms with Crippen LogP contribution in [0.25, 0.3) is 0 Å². The quantitative estimate of drug-likeness (QED) is 0.616. The average molecular weight is 181 g/mol. The molecule has 1 atom stereocenters. The minimum atomic E-state index is 0.343. The Bertz CT molecular complexity index is 222. The van der Waals surface area contributed by atoms with Gasteiger partial charge < -0.3 is 0 Å². The molecular weight excluding hydrogens is 162 g/mol. The molecule has 2 nitrogen and oxygen atoms in total. The third-order valence-corrected chi connectivity index (χ3v) is 3.63. The van der Waals surface area contributed by atoms with Crippen molar-refractivity contribution >= 4 is 5.78 Å². The van der Waals surface area contributed by atoms with Crippen LogP contribution in [-0.2, 0) is 4.79 Å². The summed E-state index contributed by atoms with van der Waals surface area (Å²) in [7, 11) is 0. The Hall–Kier alpha value is -0.370. The summed E-state index contributed by atoms with van der Waals surface area (Å²) in [5, 5.41) is 0. The van der Waals surface area contributed by atoms with Crippen LogP contribution in [0.1, 0.15) is 46.0 Å². The number of carbonyl (C=O) groups is 1. The van der Waals surface area contributed by atoms with Crippen molar-refractivity contribution in [2.75, 3.05) is 6.54 Å². The van der Waals surface area contributed by atoms with E-state index in [9.17, 15) is 4.79 Å². The molecule has 74 valence electrons. The zero-order valence-electron chi connectivity index (χ0n) is 8.68. The standard InChI is InChI=1S/C11H19NO/c1-11(2)6-3-7-12(11)9-4-5-10(13)8-9/h9H,3-8H2,1-2H3. The molecule has 1 aliphatic carbocycles. The molecule has 0 amide bonds. The van der Waals surface area contributed by atoms with Crippen LogP contribution < -0.4 is 0 Å². The Morgan fingerprint density at radius 3 is 2.69 bits per heavy atom. The predicted molar refractivity (Wildman–Crippen MR) is 52.7 cm³/mol. The van der Waals surface area contributed by atoms with Gasteiger partial charge in [0.2, 0.25) is 0 Å². The number of rotatable bonds is 1. The van der Waals surface area contributed by atoms with Gasteiger partial charge in [-0.05, 0) is 39.7 Å². The first-order valence-electron chi connectivity index (χ1n) is 5.38. The molecular formula is C11H19NO.